The molecule has 10 heteroatoms. The van der Waals surface area contributed by atoms with Gasteiger partial charge in [-0.15, -0.1) is 0 Å². The highest BCUT2D eigenvalue weighted by Crippen LogP contribution is 2.46. The summed E-state index contributed by atoms with van der Waals surface area (Å²) in [6.07, 6.45) is 7.51. The van der Waals surface area contributed by atoms with Crippen LogP contribution in [0.4, 0.5) is 15.3 Å². The van der Waals surface area contributed by atoms with Gasteiger partial charge in [0.25, 0.3) is 5.91 Å². The Labute approximate surface area is 214 Å². The van der Waals surface area contributed by atoms with Gasteiger partial charge < -0.3 is 20.3 Å². The first-order chi connectivity index (χ1) is 17.9. The van der Waals surface area contributed by atoms with E-state index in [0.717, 1.165) is 41.7 Å². The van der Waals surface area contributed by atoms with E-state index in [1.807, 2.05) is 11.0 Å². The lowest BCUT2D eigenvalue weighted by Crippen LogP contribution is -2.48. The van der Waals surface area contributed by atoms with Gasteiger partial charge in [0.05, 0.1) is 0 Å². The highest BCUT2D eigenvalue weighted by molar-refractivity contribution is 6.06. The number of carbonyl (C=O) groups excluding carboxylic acids is 4. The van der Waals surface area contributed by atoms with E-state index in [9.17, 15) is 19.2 Å². The number of rotatable bonds is 4. The lowest BCUT2D eigenvalue weighted by atomic mass is 9.94. The van der Waals surface area contributed by atoms with E-state index in [1.165, 1.54) is 12.6 Å². The third-order valence-electron chi connectivity index (χ3n) is 8.08. The summed E-state index contributed by atoms with van der Waals surface area (Å²) in [5.74, 6) is -0.297. The maximum Gasteiger partial charge on any atom is 0.418 e. The minimum absolute atomic E-state index is 0.0843. The Hall–Kier alpha value is -3.95. The third kappa shape index (κ3) is 4.00. The monoisotopic (exact) mass is 503 g/mol. The molecule has 37 heavy (non-hydrogen) atoms. The predicted octanol–water partition coefficient (Wildman–Crippen LogP) is 2.71. The van der Waals surface area contributed by atoms with Gasteiger partial charge in [-0.25, -0.2) is 14.5 Å². The summed E-state index contributed by atoms with van der Waals surface area (Å²) in [7, 11) is 1.53. The second-order valence-corrected chi connectivity index (χ2v) is 10.3. The van der Waals surface area contributed by atoms with Crippen molar-refractivity contribution < 1.29 is 23.9 Å². The number of hydrogen-bond acceptors (Lipinski definition) is 6. The van der Waals surface area contributed by atoms with Gasteiger partial charge in [0.1, 0.15) is 6.54 Å². The van der Waals surface area contributed by atoms with Crippen molar-refractivity contribution in [3.05, 3.63) is 58.9 Å². The number of ether oxygens (including phenoxy) is 1. The van der Waals surface area contributed by atoms with E-state index in [4.69, 9.17) is 4.74 Å². The normalized spacial score (nSPS) is 24.4. The van der Waals surface area contributed by atoms with E-state index < -0.39 is 17.6 Å². The van der Waals surface area contributed by atoms with Gasteiger partial charge in [-0.1, -0.05) is 6.07 Å². The Morgan fingerprint density at radius 1 is 1.11 bits per heavy atom. The van der Waals surface area contributed by atoms with Gasteiger partial charge in [-0.05, 0) is 72.9 Å². The molecule has 1 aromatic heterocycles. The zero-order valence-corrected chi connectivity index (χ0v) is 20.7. The van der Waals surface area contributed by atoms with Crippen LogP contribution in [0.2, 0.25) is 0 Å². The summed E-state index contributed by atoms with van der Waals surface area (Å²) in [5, 5.41) is 5.21. The molecule has 1 saturated carbocycles. The molecule has 1 saturated heterocycles. The Morgan fingerprint density at radius 2 is 1.95 bits per heavy atom. The molecule has 2 aliphatic carbocycles. The summed E-state index contributed by atoms with van der Waals surface area (Å²) < 4.78 is 5.72. The van der Waals surface area contributed by atoms with Gasteiger partial charge in [0.15, 0.2) is 0 Å². The van der Waals surface area contributed by atoms with Crippen molar-refractivity contribution in [1.29, 1.82) is 0 Å². The predicted molar refractivity (Wildman–Crippen MR) is 132 cm³/mol. The minimum atomic E-state index is -1.43. The summed E-state index contributed by atoms with van der Waals surface area (Å²) in [6, 6.07) is 6.92. The van der Waals surface area contributed by atoms with E-state index >= 15 is 0 Å². The summed E-state index contributed by atoms with van der Waals surface area (Å²) >= 11 is 0. The van der Waals surface area contributed by atoms with Crippen molar-refractivity contribution in [3.8, 4) is 0 Å². The van der Waals surface area contributed by atoms with E-state index in [0.29, 0.717) is 36.6 Å². The number of benzene rings is 1. The number of amides is 5. The van der Waals surface area contributed by atoms with Crippen LogP contribution in [0, 0.1) is 5.92 Å². The van der Waals surface area contributed by atoms with Gasteiger partial charge >= 0.3 is 12.1 Å². The number of urea groups is 1. The summed E-state index contributed by atoms with van der Waals surface area (Å²) in [5.41, 5.74) is 2.79. The fraction of sp³-hybridized carbons (Fsp3) is 0.444. The van der Waals surface area contributed by atoms with Crippen LogP contribution in [0.1, 0.15) is 47.9 Å². The number of aromatic nitrogens is 1. The molecule has 3 heterocycles. The molecule has 1 aromatic carbocycles. The Bertz CT molecular complexity index is 1310. The third-order valence-corrected chi connectivity index (χ3v) is 8.08. The number of fused-ring (bicyclic) bond motifs is 3. The smallest absolute Gasteiger partial charge is 0.418 e. The Balaban J connectivity index is 1.23. The van der Waals surface area contributed by atoms with Crippen molar-refractivity contribution in [2.24, 2.45) is 5.92 Å². The molecule has 6 rings (SSSR count). The molecule has 4 aliphatic rings. The average Bonchev–Trinajstić information content (AvgIpc) is 3.66. The number of nitrogens with zero attached hydrogens (tertiary/aromatic N) is 3. The van der Waals surface area contributed by atoms with Crippen LogP contribution < -0.4 is 10.6 Å². The second kappa shape index (κ2) is 8.86. The SMILES string of the molecule is CNC(=O)Nc1ccc2c(c1)CC[C@]21OC(=O)N(CC(=O)N2Cc3cnccc3CCC2C2CC2)C1=O. The fourth-order valence-corrected chi connectivity index (χ4v) is 6.00. The Morgan fingerprint density at radius 3 is 2.73 bits per heavy atom. The molecule has 0 radical (unpaired) electrons. The lowest BCUT2D eigenvalue weighted by molar-refractivity contribution is -0.143. The zero-order chi connectivity index (χ0) is 25.7. The van der Waals surface area contributed by atoms with Crippen LogP contribution in [-0.4, -0.2) is 58.4 Å². The summed E-state index contributed by atoms with van der Waals surface area (Å²) in [6.45, 7) is 0.0826. The van der Waals surface area contributed by atoms with E-state index in [1.54, 1.807) is 30.6 Å². The number of pyridine rings is 1. The maximum absolute atomic E-state index is 13.6. The van der Waals surface area contributed by atoms with Crippen molar-refractivity contribution in [2.75, 3.05) is 18.9 Å². The van der Waals surface area contributed by atoms with Crippen LogP contribution in [0.5, 0.6) is 0 Å². The molecule has 1 unspecified atom stereocenters. The van der Waals surface area contributed by atoms with Crippen molar-refractivity contribution >= 4 is 29.6 Å². The number of hydrogen-bond donors (Lipinski definition) is 2. The first-order valence-corrected chi connectivity index (χ1v) is 12.8. The topological polar surface area (TPSA) is 121 Å². The second-order valence-electron chi connectivity index (χ2n) is 10.3. The number of imide groups is 1. The molecule has 0 bridgehead atoms. The van der Waals surface area contributed by atoms with Crippen LogP contribution in [-0.2, 0) is 39.3 Å². The number of anilines is 1. The standard InChI is InChI=1S/C27H29N5O5/c1-28-25(35)30-20-5-6-21-18(12-20)8-10-27(21)24(34)32(26(36)37-27)15-23(33)31-14-19-13-29-11-9-16(19)4-7-22(31)17-2-3-17/h5-6,9,11-13,17,22H,2-4,7-8,10,14-15H2,1H3,(H2,28,30,35)/t22?,27-/m0/s1. The number of carbonyl (C=O) groups is 4. The van der Waals surface area contributed by atoms with Gasteiger partial charge in [-0.2, -0.15) is 0 Å². The van der Waals surface area contributed by atoms with E-state index in [-0.39, 0.29) is 24.5 Å². The first-order valence-electron chi connectivity index (χ1n) is 12.8. The van der Waals surface area contributed by atoms with Crippen molar-refractivity contribution in [2.45, 2.75) is 56.7 Å². The summed E-state index contributed by atoms with van der Waals surface area (Å²) in [4.78, 5) is 58.9. The van der Waals surface area contributed by atoms with Crippen LogP contribution in [0.25, 0.3) is 0 Å². The molecular formula is C27H29N5O5. The van der Waals surface area contributed by atoms with E-state index in [2.05, 4.69) is 15.6 Å². The van der Waals surface area contributed by atoms with Gasteiger partial charge in [0.2, 0.25) is 11.5 Å². The number of nitrogens with one attached hydrogen (secondary N) is 2. The highest BCUT2D eigenvalue weighted by Gasteiger charge is 2.58. The highest BCUT2D eigenvalue weighted by atomic mass is 16.6. The maximum atomic E-state index is 13.6. The molecule has 2 N–H and O–H groups in total. The minimum Gasteiger partial charge on any atom is -0.427 e. The zero-order valence-electron chi connectivity index (χ0n) is 20.7. The average molecular weight is 504 g/mol. The van der Waals surface area contributed by atoms with Crippen LogP contribution >= 0.6 is 0 Å². The van der Waals surface area contributed by atoms with Gasteiger partial charge in [0, 0.05) is 49.7 Å². The molecule has 2 aliphatic heterocycles. The molecular weight excluding hydrogens is 474 g/mol. The molecule has 2 atom stereocenters. The van der Waals surface area contributed by atoms with Crippen LogP contribution in [0.15, 0.2) is 36.7 Å². The van der Waals surface area contributed by atoms with Crippen molar-refractivity contribution in [3.63, 3.8) is 0 Å². The molecule has 1 spiro atoms. The van der Waals surface area contributed by atoms with Crippen LogP contribution in [0.3, 0.4) is 0 Å². The quantitative estimate of drug-likeness (QED) is 0.662. The lowest BCUT2D eigenvalue weighted by Gasteiger charge is -2.31. The van der Waals surface area contributed by atoms with Gasteiger partial charge in [-0.3, -0.25) is 14.6 Å². The van der Waals surface area contributed by atoms with Crippen molar-refractivity contribution in [1.82, 2.24) is 20.1 Å². The number of aryl methyl sites for hydroxylation is 2. The Kier molecular flexibility index (Phi) is 5.62. The molecule has 10 nitrogen and oxygen atoms in total. The molecule has 2 aromatic rings. The molecule has 5 amide bonds. The molecule has 192 valence electrons. The first kappa shape index (κ1) is 23.4. The largest absolute Gasteiger partial charge is 0.427 e. The fourth-order valence-electron chi connectivity index (χ4n) is 6.00. The molecule has 2 fully saturated rings.